The number of hydrogen-bond donors (Lipinski definition) is 2. The van der Waals surface area contributed by atoms with Crippen molar-refractivity contribution in [2.45, 2.75) is 39.2 Å². The van der Waals surface area contributed by atoms with Crippen LogP contribution in [0.15, 0.2) is 23.5 Å². The van der Waals surface area contributed by atoms with Gasteiger partial charge in [0.1, 0.15) is 0 Å². The molecule has 0 bridgehead atoms. The van der Waals surface area contributed by atoms with E-state index in [0.717, 1.165) is 44.5 Å². The lowest BCUT2D eigenvalue weighted by Crippen LogP contribution is -2.39. The Balaban J connectivity index is 1.62. The van der Waals surface area contributed by atoms with Crippen LogP contribution in [-0.2, 0) is 6.54 Å². The molecule has 0 atom stereocenters. The van der Waals surface area contributed by atoms with Crippen LogP contribution >= 0.6 is 0 Å². The average Bonchev–Trinajstić information content (AvgIpc) is 3.07. The topological polar surface area (TPSA) is 57.5 Å². The summed E-state index contributed by atoms with van der Waals surface area (Å²) in [5, 5.41) is 11.0. The third kappa shape index (κ3) is 7.03. The fourth-order valence-electron chi connectivity index (χ4n) is 2.94. The van der Waals surface area contributed by atoms with Crippen LogP contribution < -0.4 is 10.6 Å². The summed E-state index contributed by atoms with van der Waals surface area (Å²) in [5.41, 5.74) is 0. The molecule has 1 aromatic heterocycles. The van der Waals surface area contributed by atoms with Gasteiger partial charge in [0.2, 0.25) is 0 Å². The minimum Gasteiger partial charge on any atom is -0.357 e. The summed E-state index contributed by atoms with van der Waals surface area (Å²) in [6, 6.07) is 1.96. The van der Waals surface area contributed by atoms with Gasteiger partial charge in [0.05, 0.1) is 0 Å². The van der Waals surface area contributed by atoms with Crippen molar-refractivity contribution < 1.29 is 0 Å². The maximum atomic E-state index is 4.65. The smallest absolute Gasteiger partial charge is 0.191 e. The zero-order valence-corrected chi connectivity index (χ0v) is 14.7. The van der Waals surface area contributed by atoms with E-state index in [2.05, 4.69) is 39.6 Å². The zero-order chi connectivity index (χ0) is 16.3. The predicted octanol–water partition coefficient (Wildman–Crippen LogP) is 1.56. The number of aryl methyl sites for hydroxylation is 1. The maximum Gasteiger partial charge on any atom is 0.191 e. The minimum atomic E-state index is 0.823. The van der Waals surface area contributed by atoms with Gasteiger partial charge in [-0.1, -0.05) is 0 Å². The van der Waals surface area contributed by atoms with Crippen molar-refractivity contribution in [1.29, 1.82) is 0 Å². The molecule has 0 aliphatic carbocycles. The fourth-order valence-corrected chi connectivity index (χ4v) is 2.94. The molecule has 130 valence electrons. The molecule has 0 amide bonds. The molecule has 0 spiro atoms. The largest absolute Gasteiger partial charge is 0.357 e. The lowest BCUT2D eigenvalue weighted by atomic mass is 9.94. The molecule has 1 fully saturated rings. The number of rotatable bonds is 8. The zero-order valence-electron chi connectivity index (χ0n) is 14.7. The average molecular weight is 320 g/mol. The Morgan fingerprint density at radius 3 is 2.83 bits per heavy atom. The van der Waals surface area contributed by atoms with Crippen LogP contribution in [0, 0.1) is 5.92 Å². The maximum absolute atomic E-state index is 4.65. The Morgan fingerprint density at radius 2 is 2.13 bits per heavy atom. The molecule has 2 heterocycles. The molecule has 1 aliphatic heterocycles. The highest BCUT2D eigenvalue weighted by Crippen LogP contribution is 2.18. The van der Waals surface area contributed by atoms with Gasteiger partial charge in [-0.05, 0) is 64.7 Å². The third-order valence-electron chi connectivity index (χ3n) is 4.40. The van der Waals surface area contributed by atoms with Crippen molar-refractivity contribution in [2.75, 3.05) is 39.8 Å². The van der Waals surface area contributed by atoms with Gasteiger partial charge >= 0.3 is 0 Å². The Kier molecular flexibility index (Phi) is 7.93. The van der Waals surface area contributed by atoms with Gasteiger partial charge in [-0.3, -0.25) is 9.67 Å². The van der Waals surface area contributed by atoms with Crippen molar-refractivity contribution in [3.8, 4) is 0 Å². The summed E-state index contributed by atoms with van der Waals surface area (Å²) < 4.78 is 1.95. The number of nitrogens with zero attached hydrogens (tertiary/aromatic N) is 4. The molecule has 0 radical (unpaired) electrons. The van der Waals surface area contributed by atoms with Crippen molar-refractivity contribution in [2.24, 2.45) is 10.9 Å². The van der Waals surface area contributed by atoms with Gasteiger partial charge in [0, 0.05) is 38.6 Å². The molecule has 1 aromatic rings. The summed E-state index contributed by atoms with van der Waals surface area (Å²) in [5.74, 6) is 1.81. The van der Waals surface area contributed by atoms with Crippen LogP contribution in [-0.4, -0.2) is 60.4 Å². The molecule has 2 rings (SSSR count). The molecule has 2 N–H and O–H groups in total. The number of piperidine rings is 1. The van der Waals surface area contributed by atoms with E-state index in [0.29, 0.717) is 0 Å². The van der Waals surface area contributed by atoms with Crippen molar-refractivity contribution >= 4 is 5.96 Å². The Labute approximate surface area is 140 Å². The first kappa shape index (κ1) is 17.8. The summed E-state index contributed by atoms with van der Waals surface area (Å²) in [6.07, 6.45) is 8.72. The highest BCUT2D eigenvalue weighted by molar-refractivity contribution is 5.79. The number of hydrogen-bond acceptors (Lipinski definition) is 3. The molecule has 0 saturated carbocycles. The lowest BCUT2D eigenvalue weighted by Gasteiger charge is -2.29. The second-order valence-corrected chi connectivity index (χ2v) is 6.35. The van der Waals surface area contributed by atoms with Gasteiger partial charge in [-0.2, -0.15) is 5.10 Å². The SMILES string of the molecule is CCNC(=NCCCn1cccn1)NCCC1CCN(C)CC1. The Bertz CT molecular complexity index is 434. The van der Waals surface area contributed by atoms with E-state index >= 15 is 0 Å². The standard InChI is InChI=1S/C17H32N6/c1-3-18-17(19-9-4-12-23-13-5-10-21-23)20-11-6-16-7-14-22(2)15-8-16/h5,10,13,16H,3-4,6-9,11-12,14-15H2,1-2H3,(H2,18,19,20). The predicted molar refractivity (Wildman–Crippen MR) is 95.7 cm³/mol. The third-order valence-corrected chi connectivity index (χ3v) is 4.40. The monoisotopic (exact) mass is 320 g/mol. The van der Waals surface area contributed by atoms with Gasteiger partial charge in [0.25, 0.3) is 0 Å². The summed E-state index contributed by atoms with van der Waals surface area (Å²) in [7, 11) is 2.22. The number of nitrogens with one attached hydrogen (secondary N) is 2. The van der Waals surface area contributed by atoms with Gasteiger partial charge in [0.15, 0.2) is 5.96 Å². The van der Waals surface area contributed by atoms with Crippen molar-refractivity contribution in [1.82, 2.24) is 25.3 Å². The van der Waals surface area contributed by atoms with Crippen LogP contribution in [0.3, 0.4) is 0 Å². The van der Waals surface area contributed by atoms with Crippen LogP contribution in [0.4, 0.5) is 0 Å². The summed E-state index contributed by atoms with van der Waals surface area (Å²) in [4.78, 5) is 7.08. The molecule has 1 aliphatic rings. The number of aromatic nitrogens is 2. The van der Waals surface area contributed by atoms with Gasteiger partial charge in [-0.15, -0.1) is 0 Å². The molecular formula is C17H32N6. The highest BCUT2D eigenvalue weighted by atomic mass is 15.3. The van der Waals surface area contributed by atoms with E-state index in [1.807, 2.05) is 23.1 Å². The second-order valence-electron chi connectivity index (χ2n) is 6.35. The first-order valence-corrected chi connectivity index (χ1v) is 8.96. The first-order chi connectivity index (χ1) is 11.3. The number of likely N-dealkylation sites (tertiary alicyclic amines) is 1. The summed E-state index contributed by atoms with van der Waals surface area (Å²) in [6.45, 7) is 8.25. The van der Waals surface area contributed by atoms with E-state index in [-0.39, 0.29) is 0 Å². The molecule has 1 saturated heterocycles. The van der Waals surface area contributed by atoms with Gasteiger partial charge in [-0.25, -0.2) is 0 Å². The quantitative estimate of drug-likeness (QED) is 0.434. The minimum absolute atomic E-state index is 0.823. The normalized spacial score (nSPS) is 17.4. The number of aliphatic imine (C=N–C) groups is 1. The molecular weight excluding hydrogens is 288 g/mol. The molecule has 23 heavy (non-hydrogen) atoms. The van der Waals surface area contributed by atoms with E-state index in [4.69, 9.17) is 0 Å². The molecule has 6 nitrogen and oxygen atoms in total. The van der Waals surface area contributed by atoms with Crippen LogP contribution in [0.25, 0.3) is 0 Å². The van der Waals surface area contributed by atoms with Crippen LogP contribution in [0.5, 0.6) is 0 Å². The summed E-state index contributed by atoms with van der Waals surface area (Å²) >= 11 is 0. The van der Waals surface area contributed by atoms with E-state index in [1.54, 1.807) is 0 Å². The Morgan fingerprint density at radius 1 is 1.30 bits per heavy atom. The molecule has 6 heteroatoms. The Hall–Kier alpha value is -1.56. The van der Waals surface area contributed by atoms with E-state index in [9.17, 15) is 0 Å². The van der Waals surface area contributed by atoms with Crippen LogP contribution in [0.2, 0.25) is 0 Å². The van der Waals surface area contributed by atoms with Crippen molar-refractivity contribution in [3.63, 3.8) is 0 Å². The van der Waals surface area contributed by atoms with Crippen molar-refractivity contribution in [3.05, 3.63) is 18.5 Å². The molecule has 0 unspecified atom stereocenters. The van der Waals surface area contributed by atoms with E-state index < -0.39 is 0 Å². The lowest BCUT2D eigenvalue weighted by molar-refractivity contribution is 0.213. The second kappa shape index (κ2) is 10.3. The number of guanidine groups is 1. The van der Waals surface area contributed by atoms with E-state index in [1.165, 1.54) is 32.4 Å². The fraction of sp³-hybridized carbons (Fsp3) is 0.765. The highest BCUT2D eigenvalue weighted by Gasteiger charge is 2.16. The molecule has 0 aromatic carbocycles. The van der Waals surface area contributed by atoms with Gasteiger partial charge < -0.3 is 15.5 Å². The van der Waals surface area contributed by atoms with Crippen LogP contribution in [0.1, 0.15) is 32.6 Å². The first-order valence-electron chi connectivity index (χ1n) is 8.96.